The molecule has 0 aliphatic carbocycles. The number of hydrogen-bond acceptors (Lipinski definition) is 8. The topological polar surface area (TPSA) is 101 Å². The number of carbonyl (C=O) groups is 1. The van der Waals surface area contributed by atoms with Crippen LogP contribution in [0.15, 0.2) is 16.7 Å². The fourth-order valence-electron chi connectivity index (χ4n) is 2.40. The molecule has 0 fully saturated rings. The van der Waals surface area contributed by atoms with Crippen LogP contribution in [0.5, 0.6) is 0 Å². The van der Waals surface area contributed by atoms with Crippen LogP contribution in [0.25, 0.3) is 5.95 Å². The molecule has 0 atom stereocenters. The van der Waals surface area contributed by atoms with Gasteiger partial charge in [-0.2, -0.15) is 23.3 Å². The number of nitrogens with one attached hydrogen (secondary N) is 2. The van der Waals surface area contributed by atoms with Gasteiger partial charge in [-0.15, -0.1) is 10.2 Å². The molecule has 0 saturated heterocycles. The van der Waals surface area contributed by atoms with E-state index in [1.807, 2.05) is 6.92 Å². The van der Waals surface area contributed by atoms with Crippen molar-refractivity contribution in [2.75, 3.05) is 17.6 Å². The van der Waals surface area contributed by atoms with Gasteiger partial charge in [0, 0.05) is 17.0 Å². The minimum Gasteiger partial charge on any atom is -0.351 e. The lowest BCUT2D eigenvalue weighted by Crippen LogP contribution is -2.21. The standard InChI is InChI=1S/C14H14F3N7OS2/c1-7-3-9(8(2)24(7)11-19-6-20-21-11)10(25)4-26-13-23-22-12(27-13)18-5-14(15,16)17/h3,6H,4-5H2,1-2H3,(H,18,22)(H,19,20,21). The van der Waals surface area contributed by atoms with Crippen LogP contribution in [0.3, 0.4) is 0 Å². The second-order valence-electron chi connectivity index (χ2n) is 5.48. The predicted molar refractivity (Wildman–Crippen MR) is 94.7 cm³/mol. The van der Waals surface area contributed by atoms with Crippen molar-refractivity contribution >= 4 is 34.0 Å². The van der Waals surface area contributed by atoms with Gasteiger partial charge in [-0.05, 0) is 19.9 Å². The Balaban J connectivity index is 1.64. The van der Waals surface area contributed by atoms with Crippen LogP contribution < -0.4 is 5.32 Å². The lowest BCUT2D eigenvalue weighted by atomic mass is 10.2. The molecule has 8 nitrogen and oxygen atoms in total. The van der Waals surface area contributed by atoms with Crippen molar-refractivity contribution < 1.29 is 18.0 Å². The average Bonchev–Trinajstić information content (AvgIpc) is 3.31. The van der Waals surface area contributed by atoms with Crippen LogP contribution in [-0.4, -0.2) is 54.2 Å². The predicted octanol–water partition coefficient (Wildman–Crippen LogP) is 3.01. The van der Waals surface area contributed by atoms with Crippen molar-refractivity contribution in [2.45, 2.75) is 24.4 Å². The first-order valence-corrected chi connectivity index (χ1v) is 9.39. The Morgan fingerprint density at radius 2 is 2.15 bits per heavy atom. The number of hydrogen-bond donors (Lipinski definition) is 2. The lowest BCUT2D eigenvalue weighted by Gasteiger charge is -2.05. The highest BCUT2D eigenvalue weighted by Gasteiger charge is 2.27. The highest BCUT2D eigenvalue weighted by Crippen LogP contribution is 2.28. The van der Waals surface area contributed by atoms with E-state index in [1.165, 1.54) is 6.33 Å². The Kier molecular flexibility index (Phi) is 5.51. The summed E-state index contributed by atoms with van der Waals surface area (Å²) in [6.07, 6.45) is -2.95. The van der Waals surface area contributed by atoms with Crippen molar-refractivity contribution in [1.82, 2.24) is 29.9 Å². The number of Topliss-reactive ketones (excluding diaryl/α,β-unsaturated/α-hetero) is 1. The number of aromatic amines is 1. The number of rotatable bonds is 7. The third kappa shape index (κ3) is 4.66. The van der Waals surface area contributed by atoms with E-state index in [0.717, 1.165) is 34.5 Å². The molecular weight excluding hydrogens is 403 g/mol. The summed E-state index contributed by atoms with van der Waals surface area (Å²) >= 11 is 2.10. The number of ketones is 1. The third-order valence-electron chi connectivity index (χ3n) is 3.52. The second kappa shape index (κ2) is 7.68. The second-order valence-corrected chi connectivity index (χ2v) is 7.68. The van der Waals surface area contributed by atoms with Crippen molar-refractivity contribution in [3.63, 3.8) is 0 Å². The minimum atomic E-state index is -4.33. The first-order chi connectivity index (χ1) is 12.7. The van der Waals surface area contributed by atoms with Gasteiger partial charge in [-0.3, -0.25) is 9.36 Å². The van der Waals surface area contributed by atoms with Gasteiger partial charge in [-0.25, -0.2) is 5.10 Å². The van der Waals surface area contributed by atoms with Crippen LogP contribution in [-0.2, 0) is 0 Å². The van der Waals surface area contributed by atoms with Crippen LogP contribution in [0.1, 0.15) is 21.7 Å². The molecule has 3 rings (SSSR count). The molecule has 0 aliphatic rings. The molecule has 0 saturated carbocycles. The van der Waals surface area contributed by atoms with Gasteiger partial charge in [0.1, 0.15) is 12.9 Å². The van der Waals surface area contributed by atoms with Crippen LogP contribution in [0.2, 0.25) is 0 Å². The van der Waals surface area contributed by atoms with E-state index in [4.69, 9.17) is 0 Å². The number of H-pyrrole nitrogens is 1. The number of anilines is 1. The largest absolute Gasteiger partial charge is 0.405 e. The summed E-state index contributed by atoms with van der Waals surface area (Å²) in [5.74, 6) is 0.481. The summed E-state index contributed by atoms with van der Waals surface area (Å²) in [5, 5.41) is 16.2. The molecule has 3 aromatic rings. The number of halogens is 3. The molecule has 0 spiro atoms. The molecule has 0 unspecified atom stereocenters. The molecule has 0 aliphatic heterocycles. The maximum atomic E-state index is 12.5. The smallest absolute Gasteiger partial charge is 0.351 e. The zero-order valence-electron chi connectivity index (χ0n) is 14.2. The minimum absolute atomic E-state index is 0.0609. The molecule has 13 heteroatoms. The van der Waals surface area contributed by atoms with Gasteiger partial charge in [0.2, 0.25) is 11.1 Å². The van der Waals surface area contributed by atoms with E-state index in [-0.39, 0.29) is 16.7 Å². The molecule has 0 bridgehead atoms. The van der Waals surface area contributed by atoms with E-state index >= 15 is 0 Å². The van der Waals surface area contributed by atoms with Crippen molar-refractivity contribution in [1.29, 1.82) is 0 Å². The van der Waals surface area contributed by atoms with Gasteiger partial charge in [0.15, 0.2) is 10.1 Å². The summed E-state index contributed by atoms with van der Waals surface area (Å²) in [6, 6.07) is 1.76. The molecule has 0 aromatic carbocycles. The Morgan fingerprint density at radius 3 is 2.81 bits per heavy atom. The van der Waals surface area contributed by atoms with Gasteiger partial charge in [0.05, 0.1) is 5.75 Å². The molecule has 27 heavy (non-hydrogen) atoms. The Labute approximate surface area is 159 Å². The number of alkyl halides is 3. The van der Waals surface area contributed by atoms with Gasteiger partial charge in [0.25, 0.3) is 0 Å². The SMILES string of the molecule is Cc1cc(C(=O)CSc2nnc(NCC(F)(F)F)s2)c(C)n1-c1ncn[nH]1. The number of aryl methyl sites for hydroxylation is 1. The van der Waals surface area contributed by atoms with Crippen molar-refractivity contribution in [3.05, 3.63) is 29.3 Å². The molecular formula is C14H14F3N7OS2. The Hall–Kier alpha value is -2.41. The van der Waals surface area contributed by atoms with E-state index < -0.39 is 12.7 Å². The molecule has 144 valence electrons. The summed E-state index contributed by atoms with van der Waals surface area (Å²) < 4.78 is 38.8. The summed E-state index contributed by atoms with van der Waals surface area (Å²) in [7, 11) is 0. The molecule has 2 N–H and O–H groups in total. The van der Waals surface area contributed by atoms with Gasteiger partial charge in [-0.1, -0.05) is 23.1 Å². The highest BCUT2D eigenvalue weighted by molar-refractivity contribution is 8.01. The Bertz CT molecular complexity index is 933. The summed E-state index contributed by atoms with van der Waals surface area (Å²) in [5.41, 5.74) is 2.09. The Morgan fingerprint density at radius 1 is 1.37 bits per heavy atom. The lowest BCUT2D eigenvalue weighted by molar-refractivity contribution is -0.115. The summed E-state index contributed by atoms with van der Waals surface area (Å²) in [4.78, 5) is 16.6. The number of thioether (sulfide) groups is 1. The van der Waals surface area contributed by atoms with Crippen molar-refractivity contribution in [2.24, 2.45) is 0 Å². The van der Waals surface area contributed by atoms with Crippen LogP contribution >= 0.6 is 23.1 Å². The molecule has 0 amide bonds. The van der Waals surface area contributed by atoms with E-state index in [1.54, 1.807) is 17.6 Å². The molecule has 0 radical (unpaired) electrons. The van der Waals surface area contributed by atoms with Gasteiger partial charge >= 0.3 is 6.18 Å². The quantitative estimate of drug-likeness (QED) is 0.450. The molecule has 3 heterocycles. The van der Waals surface area contributed by atoms with Gasteiger partial charge < -0.3 is 5.32 Å². The normalized spacial score (nSPS) is 11.7. The monoisotopic (exact) mass is 417 g/mol. The average molecular weight is 417 g/mol. The highest BCUT2D eigenvalue weighted by atomic mass is 32.2. The van der Waals surface area contributed by atoms with Crippen LogP contribution in [0.4, 0.5) is 18.3 Å². The number of nitrogens with zero attached hydrogens (tertiary/aromatic N) is 5. The van der Waals surface area contributed by atoms with E-state index in [0.29, 0.717) is 15.9 Å². The molecule has 3 aromatic heterocycles. The third-order valence-corrected chi connectivity index (χ3v) is 5.53. The maximum absolute atomic E-state index is 12.5. The first kappa shape index (κ1) is 19.4. The number of carbonyl (C=O) groups excluding carboxylic acids is 1. The summed E-state index contributed by atoms with van der Waals surface area (Å²) in [6.45, 7) is 2.47. The maximum Gasteiger partial charge on any atom is 0.405 e. The zero-order chi connectivity index (χ0) is 19.6. The number of aromatic nitrogens is 6. The first-order valence-electron chi connectivity index (χ1n) is 7.59. The fraction of sp³-hybridized carbons (Fsp3) is 0.357. The van der Waals surface area contributed by atoms with E-state index in [2.05, 4.69) is 30.7 Å². The van der Waals surface area contributed by atoms with Crippen LogP contribution in [0, 0.1) is 13.8 Å². The van der Waals surface area contributed by atoms with Crippen molar-refractivity contribution in [3.8, 4) is 5.95 Å². The van der Waals surface area contributed by atoms with E-state index in [9.17, 15) is 18.0 Å². The fourth-order valence-corrected chi connectivity index (χ4v) is 4.03. The zero-order valence-corrected chi connectivity index (χ0v) is 15.8.